The summed E-state index contributed by atoms with van der Waals surface area (Å²) in [6.07, 6.45) is 8.57. The summed E-state index contributed by atoms with van der Waals surface area (Å²) < 4.78 is 0. The van der Waals surface area contributed by atoms with Gasteiger partial charge in [-0.15, -0.1) is 35.3 Å². The summed E-state index contributed by atoms with van der Waals surface area (Å²) >= 11 is 1.79. The molecule has 2 atom stereocenters. The van der Waals surface area contributed by atoms with Gasteiger partial charge in [0.2, 0.25) is 0 Å². The van der Waals surface area contributed by atoms with E-state index < -0.39 is 0 Å². The first-order valence-corrected chi connectivity index (χ1v) is 8.74. The van der Waals surface area contributed by atoms with Gasteiger partial charge in [0.15, 0.2) is 5.96 Å². The minimum absolute atomic E-state index is 0. The van der Waals surface area contributed by atoms with Crippen LogP contribution in [0.4, 0.5) is 0 Å². The molecule has 0 aromatic carbocycles. The number of guanidine groups is 1. The van der Waals surface area contributed by atoms with E-state index in [1.54, 1.807) is 11.3 Å². The van der Waals surface area contributed by atoms with Gasteiger partial charge in [-0.05, 0) is 29.7 Å². The fraction of sp³-hybridized carbons (Fsp3) is 0.688. The summed E-state index contributed by atoms with van der Waals surface area (Å²) in [5.41, 5.74) is 0. The van der Waals surface area contributed by atoms with E-state index in [0.29, 0.717) is 6.04 Å². The monoisotopic (exact) mass is 419 g/mol. The van der Waals surface area contributed by atoms with Gasteiger partial charge in [0.25, 0.3) is 0 Å². The lowest BCUT2D eigenvalue weighted by Gasteiger charge is -2.22. The highest BCUT2D eigenvalue weighted by Gasteiger charge is 2.43. The van der Waals surface area contributed by atoms with Crippen LogP contribution in [0.2, 0.25) is 0 Å². The zero-order valence-electron chi connectivity index (χ0n) is 12.7. The molecule has 21 heavy (non-hydrogen) atoms. The second-order valence-electron chi connectivity index (χ2n) is 6.05. The van der Waals surface area contributed by atoms with Crippen LogP contribution < -0.4 is 10.6 Å². The van der Waals surface area contributed by atoms with Gasteiger partial charge in [-0.25, -0.2) is 0 Å². The second kappa shape index (κ2) is 8.36. The van der Waals surface area contributed by atoms with Crippen molar-refractivity contribution in [3.63, 3.8) is 0 Å². The minimum atomic E-state index is 0. The first-order valence-electron chi connectivity index (χ1n) is 7.86. The molecule has 1 heterocycles. The molecule has 2 unspecified atom stereocenters. The van der Waals surface area contributed by atoms with Crippen LogP contribution in [0.5, 0.6) is 0 Å². The Morgan fingerprint density at radius 3 is 2.81 bits per heavy atom. The van der Waals surface area contributed by atoms with Gasteiger partial charge in [0, 0.05) is 18.0 Å². The SMILES string of the molecule is CN=C(NCc1cccs1)NC1CC1C1CCCCC1.I. The van der Waals surface area contributed by atoms with Crippen molar-refractivity contribution in [2.75, 3.05) is 7.05 Å². The zero-order chi connectivity index (χ0) is 13.8. The van der Waals surface area contributed by atoms with Crippen molar-refractivity contribution >= 4 is 41.3 Å². The van der Waals surface area contributed by atoms with Gasteiger partial charge >= 0.3 is 0 Å². The number of nitrogens with one attached hydrogen (secondary N) is 2. The van der Waals surface area contributed by atoms with Gasteiger partial charge in [0.1, 0.15) is 0 Å². The van der Waals surface area contributed by atoms with Gasteiger partial charge in [-0.3, -0.25) is 4.99 Å². The Morgan fingerprint density at radius 2 is 2.14 bits per heavy atom. The summed E-state index contributed by atoms with van der Waals surface area (Å²) in [5, 5.41) is 9.13. The number of nitrogens with zero attached hydrogens (tertiary/aromatic N) is 1. The third-order valence-corrected chi connectivity index (χ3v) is 5.53. The van der Waals surface area contributed by atoms with Crippen LogP contribution in [0, 0.1) is 11.8 Å². The van der Waals surface area contributed by atoms with Crippen molar-refractivity contribution in [2.45, 2.75) is 51.1 Å². The molecule has 118 valence electrons. The molecular weight excluding hydrogens is 393 g/mol. The third-order valence-electron chi connectivity index (χ3n) is 4.65. The van der Waals surface area contributed by atoms with Crippen molar-refractivity contribution in [3.05, 3.63) is 22.4 Å². The Bertz CT molecular complexity index is 440. The molecule has 0 radical (unpaired) electrons. The average Bonchev–Trinajstić information content (AvgIpc) is 3.06. The van der Waals surface area contributed by atoms with Crippen molar-refractivity contribution in [1.82, 2.24) is 10.6 Å². The number of halogens is 1. The summed E-state index contributed by atoms with van der Waals surface area (Å²) in [7, 11) is 1.86. The number of hydrogen-bond donors (Lipinski definition) is 2. The average molecular weight is 419 g/mol. The Balaban J connectivity index is 0.00000161. The fourth-order valence-corrected chi connectivity index (χ4v) is 4.06. The van der Waals surface area contributed by atoms with Crippen LogP contribution in [0.1, 0.15) is 43.4 Å². The van der Waals surface area contributed by atoms with E-state index in [9.17, 15) is 0 Å². The predicted molar refractivity (Wildman–Crippen MR) is 102 cm³/mol. The van der Waals surface area contributed by atoms with Crippen LogP contribution in [0.15, 0.2) is 22.5 Å². The number of hydrogen-bond acceptors (Lipinski definition) is 2. The highest BCUT2D eigenvalue weighted by atomic mass is 127. The van der Waals surface area contributed by atoms with E-state index in [2.05, 4.69) is 33.1 Å². The maximum atomic E-state index is 4.35. The maximum absolute atomic E-state index is 4.35. The highest BCUT2D eigenvalue weighted by molar-refractivity contribution is 14.0. The van der Waals surface area contributed by atoms with E-state index in [1.807, 2.05) is 7.05 Å². The topological polar surface area (TPSA) is 36.4 Å². The predicted octanol–water partition coefficient (Wildman–Crippen LogP) is 4.00. The first-order chi connectivity index (χ1) is 9.86. The maximum Gasteiger partial charge on any atom is 0.191 e. The molecule has 3 nitrogen and oxygen atoms in total. The Kier molecular flexibility index (Phi) is 6.79. The smallest absolute Gasteiger partial charge is 0.191 e. The standard InChI is InChI=1S/C16H25N3S.HI/c1-17-16(18-11-13-8-5-9-20-13)19-15-10-14(15)12-6-3-2-4-7-12;/h5,8-9,12,14-15H,2-4,6-7,10-11H2,1H3,(H2,17,18,19);1H. The Hall–Kier alpha value is -0.300. The number of aliphatic imine (C=N–C) groups is 1. The van der Waals surface area contributed by atoms with E-state index in [-0.39, 0.29) is 24.0 Å². The molecule has 0 saturated heterocycles. The lowest BCUT2D eigenvalue weighted by Crippen LogP contribution is -2.39. The Morgan fingerprint density at radius 1 is 1.33 bits per heavy atom. The molecule has 1 aromatic heterocycles. The quantitative estimate of drug-likeness (QED) is 0.440. The van der Waals surface area contributed by atoms with E-state index in [0.717, 1.165) is 24.3 Å². The van der Waals surface area contributed by atoms with Crippen LogP contribution in [0.3, 0.4) is 0 Å². The Labute approximate surface area is 149 Å². The largest absolute Gasteiger partial charge is 0.353 e. The summed E-state index contributed by atoms with van der Waals surface area (Å²) in [4.78, 5) is 5.70. The zero-order valence-corrected chi connectivity index (χ0v) is 15.8. The molecule has 2 N–H and O–H groups in total. The molecule has 2 aliphatic carbocycles. The van der Waals surface area contributed by atoms with Gasteiger partial charge in [0.05, 0.1) is 6.54 Å². The van der Waals surface area contributed by atoms with E-state index in [4.69, 9.17) is 0 Å². The number of rotatable bonds is 4. The minimum Gasteiger partial charge on any atom is -0.353 e. The van der Waals surface area contributed by atoms with Crippen LogP contribution >= 0.6 is 35.3 Å². The summed E-state index contributed by atoms with van der Waals surface area (Å²) in [6.45, 7) is 0.873. The van der Waals surface area contributed by atoms with Crippen LogP contribution in [-0.2, 0) is 6.54 Å². The van der Waals surface area contributed by atoms with Crippen LogP contribution in [-0.4, -0.2) is 19.0 Å². The molecule has 0 amide bonds. The molecule has 0 aliphatic heterocycles. The van der Waals surface area contributed by atoms with Crippen molar-refractivity contribution in [1.29, 1.82) is 0 Å². The molecule has 2 saturated carbocycles. The van der Waals surface area contributed by atoms with Crippen molar-refractivity contribution in [3.8, 4) is 0 Å². The first kappa shape index (κ1) is 17.1. The van der Waals surface area contributed by atoms with Crippen molar-refractivity contribution in [2.24, 2.45) is 16.8 Å². The molecule has 0 spiro atoms. The summed E-state index contributed by atoms with van der Waals surface area (Å²) in [6, 6.07) is 4.91. The third kappa shape index (κ3) is 4.84. The van der Waals surface area contributed by atoms with Gasteiger partial charge < -0.3 is 10.6 Å². The normalized spacial score (nSPS) is 26.0. The molecule has 3 rings (SSSR count). The number of thiophene rings is 1. The molecule has 5 heteroatoms. The van der Waals surface area contributed by atoms with Gasteiger partial charge in [-0.2, -0.15) is 0 Å². The lowest BCUT2D eigenvalue weighted by molar-refractivity contribution is 0.315. The molecular formula is C16H26IN3S. The summed E-state index contributed by atoms with van der Waals surface area (Å²) in [5.74, 6) is 2.83. The molecule has 2 aliphatic rings. The van der Waals surface area contributed by atoms with Crippen molar-refractivity contribution < 1.29 is 0 Å². The molecule has 2 fully saturated rings. The molecule has 1 aromatic rings. The van der Waals surface area contributed by atoms with Gasteiger partial charge in [-0.1, -0.05) is 38.2 Å². The fourth-order valence-electron chi connectivity index (χ4n) is 3.42. The molecule has 0 bridgehead atoms. The van der Waals surface area contributed by atoms with Crippen LogP contribution in [0.25, 0.3) is 0 Å². The van der Waals surface area contributed by atoms with E-state index in [1.165, 1.54) is 43.4 Å². The lowest BCUT2D eigenvalue weighted by atomic mass is 9.85. The van der Waals surface area contributed by atoms with E-state index >= 15 is 0 Å². The second-order valence-corrected chi connectivity index (χ2v) is 7.09. The highest BCUT2D eigenvalue weighted by Crippen LogP contribution is 2.44.